The summed E-state index contributed by atoms with van der Waals surface area (Å²) in [6, 6.07) is 17.5. The number of carbonyl (C=O) groups excluding carboxylic acids is 1. The third kappa shape index (κ3) is 5.65. The van der Waals surface area contributed by atoms with Crippen LogP contribution in [0.15, 0.2) is 54.6 Å². The van der Waals surface area contributed by atoms with Gasteiger partial charge in [0.05, 0.1) is 6.54 Å². The Morgan fingerprint density at radius 2 is 1.71 bits per heavy atom. The molecule has 0 bridgehead atoms. The minimum atomic E-state index is -0.777. The van der Waals surface area contributed by atoms with E-state index in [1.54, 1.807) is 0 Å². The number of nitrogens with zero attached hydrogens (tertiary/aromatic N) is 2. The topological polar surface area (TPSA) is 72.9 Å². The lowest BCUT2D eigenvalue weighted by Gasteiger charge is -2.36. The second kappa shape index (κ2) is 9.48. The molecule has 0 atom stereocenters. The van der Waals surface area contributed by atoms with Crippen molar-refractivity contribution in [3.8, 4) is 0 Å². The van der Waals surface area contributed by atoms with Crippen LogP contribution >= 0.6 is 0 Å². The summed E-state index contributed by atoms with van der Waals surface area (Å²) < 4.78 is 0. The first-order chi connectivity index (χ1) is 13.5. The highest BCUT2D eigenvalue weighted by Gasteiger charge is 2.23. The number of likely N-dealkylation sites (N-methyl/N-ethyl adjacent to an activating group) is 1. The van der Waals surface area contributed by atoms with Crippen molar-refractivity contribution in [1.82, 2.24) is 9.80 Å². The molecule has 2 aromatic rings. The van der Waals surface area contributed by atoms with Crippen LogP contribution in [0.1, 0.15) is 28.8 Å². The molecule has 1 saturated heterocycles. The molecular formula is C22H27N3O3. The number of carboxylic acids is 1. The van der Waals surface area contributed by atoms with E-state index in [9.17, 15) is 9.59 Å². The maximum absolute atomic E-state index is 12.3. The van der Waals surface area contributed by atoms with Crippen molar-refractivity contribution in [2.24, 2.45) is 0 Å². The van der Waals surface area contributed by atoms with Crippen LogP contribution in [0.3, 0.4) is 0 Å². The van der Waals surface area contributed by atoms with Crippen molar-refractivity contribution in [1.29, 1.82) is 0 Å². The molecule has 3 rings (SSSR count). The van der Waals surface area contributed by atoms with Gasteiger partial charge in [-0.3, -0.25) is 19.4 Å². The lowest BCUT2D eigenvalue weighted by molar-refractivity contribution is -0.138. The lowest BCUT2D eigenvalue weighted by atomic mass is 10.0. The maximum Gasteiger partial charge on any atom is 0.317 e. The molecule has 148 valence electrons. The molecule has 0 aliphatic carbocycles. The van der Waals surface area contributed by atoms with Crippen LogP contribution < -0.4 is 5.32 Å². The van der Waals surface area contributed by atoms with Gasteiger partial charge < -0.3 is 10.4 Å². The van der Waals surface area contributed by atoms with Gasteiger partial charge in [-0.05, 0) is 62.8 Å². The number of nitrogens with one attached hydrogen (secondary N) is 1. The molecule has 2 N–H and O–H groups in total. The second-order valence-corrected chi connectivity index (χ2v) is 7.33. The zero-order chi connectivity index (χ0) is 19.9. The average Bonchev–Trinajstić information content (AvgIpc) is 2.69. The van der Waals surface area contributed by atoms with Crippen LogP contribution in [0, 0.1) is 0 Å². The average molecular weight is 381 g/mol. The summed E-state index contributed by atoms with van der Waals surface area (Å²) in [4.78, 5) is 27.5. The third-order valence-electron chi connectivity index (χ3n) is 5.22. The Morgan fingerprint density at radius 1 is 1.07 bits per heavy atom. The maximum atomic E-state index is 12.3. The molecule has 0 spiro atoms. The van der Waals surface area contributed by atoms with Crippen molar-refractivity contribution < 1.29 is 14.7 Å². The molecular weight excluding hydrogens is 354 g/mol. The van der Waals surface area contributed by atoms with E-state index in [4.69, 9.17) is 5.11 Å². The van der Waals surface area contributed by atoms with Crippen LogP contribution in [0.2, 0.25) is 0 Å². The first kappa shape index (κ1) is 20.0. The van der Waals surface area contributed by atoms with E-state index in [1.807, 2.05) is 66.5 Å². The number of likely N-dealkylation sites (tertiary alicyclic amines) is 1. The molecule has 0 aromatic heterocycles. The van der Waals surface area contributed by atoms with E-state index in [1.165, 1.54) is 5.56 Å². The quantitative estimate of drug-likeness (QED) is 0.772. The number of carbonyl (C=O) groups is 2. The van der Waals surface area contributed by atoms with E-state index < -0.39 is 5.97 Å². The van der Waals surface area contributed by atoms with Gasteiger partial charge in [0.1, 0.15) is 0 Å². The number of aliphatic carboxylic acids is 1. The lowest BCUT2D eigenvalue weighted by Crippen LogP contribution is -2.44. The number of para-hydroxylation sites is 1. The van der Waals surface area contributed by atoms with E-state index in [0.717, 1.165) is 38.2 Å². The number of carboxylic acid groups (broad SMARTS) is 1. The standard InChI is InChI=1S/C22H27N3O3/c1-24(16-21(26)27)20-11-13-25(14-12-20)15-17-7-9-18(10-8-17)22(28)23-19-5-3-2-4-6-19/h2-10,20H,11-16H2,1H3,(H,23,28)(H,26,27). The Morgan fingerprint density at radius 3 is 2.32 bits per heavy atom. The smallest absolute Gasteiger partial charge is 0.317 e. The summed E-state index contributed by atoms with van der Waals surface area (Å²) in [7, 11) is 1.88. The Balaban J connectivity index is 1.48. The van der Waals surface area contributed by atoms with Gasteiger partial charge in [-0.2, -0.15) is 0 Å². The van der Waals surface area contributed by atoms with Gasteiger partial charge in [0.15, 0.2) is 0 Å². The number of hydrogen-bond acceptors (Lipinski definition) is 4. The van der Waals surface area contributed by atoms with E-state index in [0.29, 0.717) is 11.6 Å². The predicted octanol–water partition coefficient (Wildman–Crippen LogP) is 2.92. The van der Waals surface area contributed by atoms with Crippen molar-refractivity contribution in [2.45, 2.75) is 25.4 Å². The number of benzene rings is 2. The van der Waals surface area contributed by atoms with Gasteiger partial charge in [0.25, 0.3) is 5.91 Å². The molecule has 1 amide bonds. The molecule has 1 heterocycles. The fraction of sp³-hybridized carbons (Fsp3) is 0.364. The van der Waals surface area contributed by atoms with E-state index in [2.05, 4.69) is 10.2 Å². The van der Waals surface area contributed by atoms with Crippen LogP contribution in [0.5, 0.6) is 0 Å². The summed E-state index contributed by atoms with van der Waals surface area (Å²) in [5.74, 6) is -0.888. The zero-order valence-corrected chi connectivity index (χ0v) is 16.2. The molecule has 0 saturated carbocycles. The molecule has 28 heavy (non-hydrogen) atoms. The monoisotopic (exact) mass is 381 g/mol. The Hall–Kier alpha value is -2.70. The highest BCUT2D eigenvalue weighted by Crippen LogP contribution is 2.18. The van der Waals surface area contributed by atoms with Gasteiger partial charge in [0, 0.05) is 23.8 Å². The van der Waals surface area contributed by atoms with Gasteiger partial charge in [-0.25, -0.2) is 0 Å². The third-order valence-corrected chi connectivity index (χ3v) is 5.22. The van der Waals surface area contributed by atoms with Gasteiger partial charge in [0.2, 0.25) is 0 Å². The molecule has 6 nitrogen and oxygen atoms in total. The van der Waals surface area contributed by atoms with Gasteiger partial charge >= 0.3 is 5.97 Å². The Bertz CT molecular complexity index is 784. The summed E-state index contributed by atoms with van der Waals surface area (Å²) in [6.45, 7) is 2.84. The highest BCUT2D eigenvalue weighted by molar-refractivity contribution is 6.04. The van der Waals surface area contributed by atoms with Crippen molar-refractivity contribution in [3.63, 3.8) is 0 Å². The molecule has 0 radical (unpaired) electrons. The number of piperidine rings is 1. The molecule has 2 aromatic carbocycles. The summed E-state index contributed by atoms with van der Waals surface area (Å²) >= 11 is 0. The fourth-order valence-corrected chi connectivity index (χ4v) is 3.61. The summed E-state index contributed by atoms with van der Waals surface area (Å²) in [6.07, 6.45) is 1.95. The van der Waals surface area contributed by atoms with Crippen molar-refractivity contribution in [3.05, 3.63) is 65.7 Å². The molecule has 1 aliphatic heterocycles. The minimum Gasteiger partial charge on any atom is -0.480 e. The zero-order valence-electron chi connectivity index (χ0n) is 16.2. The minimum absolute atomic E-state index is 0.0944. The normalized spacial score (nSPS) is 15.5. The summed E-state index contributed by atoms with van der Waals surface area (Å²) in [5, 5.41) is 11.8. The highest BCUT2D eigenvalue weighted by atomic mass is 16.4. The molecule has 6 heteroatoms. The Labute approximate surface area is 165 Å². The predicted molar refractivity (Wildman–Crippen MR) is 109 cm³/mol. The molecule has 1 aliphatic rings. The number of hydrogen-bond donors (Lipinski definition) is 2. The van der Waals surface area contributed by atoms with Crippen LogP contribution in [-0.2, 0) is 11.3 Å². The Kier molecular flexibility index (Phi) is 6.79. The van der Waals surface area contributed by atoms with Gasteiger partial charge in [-0.15, -0.1) is 0 Å². The van der Waals surface area contributed by atoms with E-state index >= 15 is 0 Å². The first-order valence-corrected chi connectivity index (χ1v) is 9.61. The SMILES string of the molecule is CN(CC(=O)O)C1CCN(Cc2ccc(C(=O)Nc3ccccc3)cc2)CC1. The van der Waals surface area contributed by atoms with Gasteiger partial charge in [-0.1, -0.05) is 30.3 Å². The number of anilines is 1. The first-order valence-electron chi connectivity index (χ1n) is 9.61. The van der Waals surface area contributed by atoms with Crippen LogP contribution in [0.4, 0.5) is 5.69 Å². The number of rotatable bonds is 7. The molecule has 1 fully saturated rings. The second-order valence-electron chi connectivity index (χ2n) is 7.33. The van der Waals surface area contributed by atoms with Crippen molar-refractivity contribution in [2.75, 3.05) is 32.0 Å². The van der Waals surface area contributed by atoms with Crippen LogP contribution in [0.25, 0.3) is 0 Å². The fourth-order valence-electron chi connectivity index (χ4n) is 3.61. The van der Waals surface area contributed by atoms with Crippen LogP contribution in [-0.4, -0.2) is 59.5 Å². The van der Waals surface area contributed by atoms with Crippen molar-refractivity contribution >= 4 is 17.6 Å². The van der Waals surface area contributed by atoms with E-state index in [-0.39, 0.29) is 12.5 Å². The largest absolute Gasteiger partial charge is 0.480 e. The molecule has 0 unspecified atom stereocenters. The summed E-state index contributed by atoms with van der Waals surface area (Å²) in [5.41, 5.74) is 2.60. The number of amides is 1.